The molecular formula is C21H25BrN2O4S. The fourth-order valence-corrected chi connectivity index (χ4v) is 5.40. The minimum Gasteiger partial charge on any atom is -0.494 e. The first kappa shape index (κ1) is 21.8. The molecule has 156 valence electrons. The van der Waals surface area contributed by atoms with Crippen LogP contribution in [-0.4, -0.2) is 44.4 Å². The second-order valence-corrected chi connectivity index (χ2v) is 9.78. The molecule has 0 radical (unpaired) electrons. The van der Waals surface area contributed by atoms with E-state index in [1.54, 1.807) is 24.0 Å². The smallest absolute Gasteiger partial charge is 0.243 e. The third-order valence-electron chi connectivity index (χ3n) is 4.96. The molecule has 0 saturated carbocycles. The molecule has 1 heterocycles. The molecule has 0 unspecified atom stereocenters. The molecule has 0 aromatic heterocycles. The van der Waals surface area contributed by atoms with E-state index in [0.29, 0.717) is 12.4 Å². The summed E-state index contributed by atoms with van der Waals surface area (Å²) in [6.07, 6.45) is 0.748. The summed E-state index contributed by atoms with van der Waals surface area (Å²) in [5.74, 6) is 0.383. The highest BCUT2D eigenvalue weighted by Crippen LogP contribution is 2.34. The van der Waals surface area contributed by atoms with Crippen LogP contribution in [0.5, 0.6) is 5.75 Å². The lowest BCUT2D eigenvalue weighted by Gasteiger charge is -2.27. The molecule has 2 aromatic carbocycles. The molecule has 8 heteroatoms. The van der Waals surface area contributed by atoms with Crippen molar-refractivity contribution in [1.82, 2.24) is 4.31 Å². The van der Waals surface area contributed by atoms with Gasteiger partial charge in [-0.1, -0.05) is 22.9 Å². The molecule has 0 N–H and O–H groups in total. The van der Waals surface area contributed by atoms with Gasteiger partial charge in [0.25, 0.3) is 0 Å². The molecule has 1 atom stereocenters. The highest BCUT2D eigenvalue weighted by atomic mass is 79.9. The van der Waals surface area contributed by atoms with Crippen molar-refractivity contribution in [3.05, 3.63) is 52.5 Å². The maximum atomic E-state index is 13.1. The van der Waals surface area contributed by atoms with Crippen LogP contribution in [-0.2, 0) is 21.2 Å². The summed E-state index contributed by atoms with van der Waals surface area (Å²) in [5.41, 5.74) is 1.93. The Morgan fingerprint density at radius 1 is 1.21 bits per heavy atom. The Labute approximate surface area is 180 Å². The molecule has 1 aliphatic rings. The van der Waals surface area contributed by atoms with Crippen LogP contribution in [0.4, 0.5) is 5.69 Å². The largest absolute Gasteiger partial charge is 0.494 e. The fraction of sp³-hybridized carbons (Fsp3) is 0.381. The number of carbonyl (C=O) groups excluding carboxylic acids is 1. The van der Waals surface area contributed by atoms with Gasteiger partial charge in [0.15, 0.2) is 0 Å². The van der Waals surface area contributed by atoms with Gasteiger partial charge in [0.1, 0.15) is 5.75 Å². The molecule has 3 rings (SSSR count). The number of halogens is 1. The predicted octanol–water partition coefficient (Wildman–Crippen LogP) is 3.84. The maximum Gasteiger partial charge on any atom is 0.243 e. The van der Waals surface area contributed by atoms with Crippen molar-refractivity contribution < 1.29 is 17.9 Å². The Morgan fingerprint density at radius 2 is 1.90 bits per heavy atom. The number of likely N-dealkylation sites (N-methyl/N-ethyl adjacent to an activating group) is 1. The highest BCUT2D eigenvalue weighted by molar-refractivity contribution is 9.10. The second-order valence-electron chi connectivity index (χ2n) is 6.93. The average molecular weight is 481 g/mol. The lowest BCUT2D eigenvalue weighted by atomic mass is 10.1. The summed E-state index contributed by atoms with van der Waals surface area (Å²) in [7, 11) is -3.79. The van der Waals surface area contributed by atoms with Crippen molar-refractivity contribution in [2.24, 2.45) is 0 Å². The zero-order chi connectivity index (χ0) is 21.2. The van der Waals surface area contributed by atoms with E-state index < -0.39 is 10.0 Å². The van der Waals surface area contributed by atoms with Gasteiger partial charge in [0, 0.05) is 22.7 Å². The van der Waals surface area contributed by atoms with E-state index in [2.05, 4.69) is 15.9 Å². The van der Waals surface area contributed by atoms with Gasteiger partial charge in [-0.2, -0.15) is 4.31 Å². The Bertz CT molecular complexity index is 992. The zero-order valence-corrected chi connectivity index (χ0v) is 19.2. The SMILES string of the molecule is CCOc1ccc(S(=O)(=O)N(CC)CC(=O)N2c3ccc(Br)cc3C[C@@H]2C)cc1. The number of hydrogen-bond acceptors (Lipinski definition) is 4. The number of anilines is 1. The number of hydrogen-bond donors (Lipinski definition) is 0. The molecule has 29 heavy (non-hydrogen) atoms. The van der Waals surface area contributed by atoms with Crippen LogP contribution in [0.25, 0.3) is 0 Å². The molecular weight excluding hydrogens is 456 g/mol. The van der Waals surface area contributed by atoms with E-state index in [4.69, 9.17) is 4.74 Å². The van der Waals surface area contributed by atoms with Gasteiger partial charge >= 0.3 is 0 Å². The predicted molar refractivity (Wildman–Crippen MR) is 117 cm³/mol. The van der Waals surface area contributed by atoms with Crippen LogP contribution in [0.3, 0.4) is 0 Å². The summed E-state index contributed by atoms with van der Waals surface area (Å²) >= 11 is 3.46. The number of ether oxygens (including phenoxy) is 1. The first-order valence-electron chi connectivity index (χ1n) is 9.61. The third kappa shape index (κ3) is 4.49. The van der Waals surface area contributed by atoms with Crippen molar-refractivity contribution in [2.75, 3.05) is 24.6 Å². The van der Waals surface area contributed by atoms with Gasteiger partial charge < -0.3 is 9.64 Å². The van der Waals surface area contributed by atoms with Crippen LogP contribution in [0.15, 0.2) is 51.8 Å². The van der Waals surface area contributed by atoms with Gasteiger partial charge in [0.2, 0.25) is 15.9 Å². The van der Waals surface area contributed by atoms with Crippen LogP contribution in [0, 0.1) is 0 Å². The van der Waals surface area contributed by atoms with Crippen molar-refractivity contribution in [3.63, 3.8) is 0 Å². The number of fused-ring (bicyclic) bond motifs is 1. The number of rotatable bonds is 7. The normalized spacial score (nSPS) is 16.2. The molecule has 2 aromatic rings. The minimum absolute atomic E-state index is 0.0151. The monoisotopic (exact) mass is 480 g/mol. The third-order valence-corrected chi connectivity index (χ3v) is 7.39. The molecule has 6 nitrogen and oxygen atoms in total. The van der Waals surface area contributed by atoms with E-state index in [9.17, 15) is 13.2 Å². The van der Waals surface area contributed by atoms with Crippen LogP contribution < -0.4 is 9.64 Å². The van der Waals surface area contributed by atoms with E-state index in [1.807, 2.05) is 32.0 Å². The highest BCUT2D eigenvalue weighted by Gasteiger charge is 2.34. The Morgan fingerprint density at radius 3 is 2.52 bits per heavy atom. The Hall–Kier alpha value is -1.90. The van der Waals surface area contributed by atoms with E-state index in [0.717, 1.165) is 22.1 Å². The Kier molecular flexibility index (Phi) is 6.65. The van der Waals surface area contributed by atoms with Gasteiger partial charge in [-0.15, -0.1) is 0 Å². The summed E-state index contributed by atoms with van der Waals surface area (Å²) in [5, 5.41) is 0. The quantitative estimate of drug-likeness (QED) is 0.603. The van der Waals surface area contributed by atoms with Crippen LogP contribution in [0.2, 0.25) is 0 Å². The van der Waals surface area contributed by atoms with Crippen molar-refractivity contribution >= 4 is 37.5 Å². The Balaban J connectivity index is 1.81. The zero-order valence-electron chi connectivity index (χ0n) is 16.8. The second kappa shape index (κ2) is 8.85. The number of benzene rings is 2. The molecule has 0 spiro atoms. The number of sulfonamides is 1. The van der Waals surface area contributed by atoms with Gasteiger partial charge in [-0.25, -0.2) is 8.42 Å². The van der Waals surface area contributed by atoms with Gasteiger partial charge in [-0.3, -0.25) is 4.79 Å². The summed E-state index contributed by atoms with van der Waals surface area (Å²) in [4.78, 5) is 14.9. The van der Waals surface area contributed by atoms with Crippen molar-refractivity contribution in [3.8, 4) is 5.75 Å². The fourth-order valence-electron chi connectivity index (χ4n) is 3.60. The lowest BCUT2D eigenvalue weighted by molar-refractivity contribution is -0.119. The summed E-state index contributed by atoms with van der Waals surface area (Å²) in [6, 6.07) is 12.1. The number of carbonyl (C=O) groups is 1. The first-order chi connectivity index (χ1) is 13.8. The molecule has 1 aliphatic heterocycles. The first-order valence-corrected chi connectivity index (χ1v) is 11.8. The van der Waals surface area contributed by atoms with Crippen LogP contribution in [0.1, 0.15) is 26.3 Å². The number of amides is 1. The molecule has 1 amide bonds. The van der Waals surface area contributed by atoms with Crippen molar-refractivity contribution in [2.45, 2.75) is 38.1 Å². The van der Waals surface area contributed by atoms with Crippen molar-refractivity contribution in [1.29, 1.82) is 0 Å². The lowest BCUT2D eigenvalue weighted by Crippen LogP contribution is -2.45. The van der Waals surface area contributed by atoms with Gasteiger partial charge in [0.05, 0.1) is 18.0 Å². The molecule has 0 saturated heterocycles. The molecule has 0 bridgehead atoms. The summed E-state index contributed by atoms with van der Waals surface area (Å²) in [6.45, 7) is 6.09. The topological polar surface area (TPSA) is 66.9 Å². The molecule has 0 aliphatic carbocycles. The average Bonchev–Trinajstić information content (AvgIpc) is 3.01. The standard InChI is InChI=1S/C21H25BrN2O4S/c1-4-23(29(26,27)19-9-7-18(8-10-19)28-5-2)14-21(25)24-15(3)12-16-13-17(22)6-11-20(16)24/h6-11,13,15H,4-5,12,14H2,1-3H3/t15-/m0/s1. The maximum absolute atomic E-state index is 13.1. The van der Waals surface area contributed by atoms with Gasteiger partial charge in [-0.05, 0) is 68.3 Å². The summed E-state index contributed by atoms with van der Waals surface area (Å²) < 4.78 is 33.7. The van der Waals surface area contributed by atoms with Crippen LogP contribution >= 0.6 is 15.9 Å². The van der Waals surface area contributed by atoms with E-state index in [-0.39, 0.29) is 29.9 Å². The minimum atomic E-state index is -3.79. The van der Waals surface area contributed by atoms with E-state index in [1.165, 1.54) is 16.4 Å². The van der Waals surface area contributed by atoms with E-state index >= 15 is 0 Å². The number of nitrogens with zero attached hydrogens (tertiary/aromatic N) is 2. The molecule has 0 fully saturated rings.